The molecule has 2 fully saturated rings. The van der Waals surface area contributed by atoms with Crippen LogP contribution in [-0.2, 0) is 11.8 Å². The lowest BCUT2D eigenvalue weighted by Crippen LogP contribution is -2.49. The molecule has 3 heterocycles. The number of hydrogen-bond donors (Lipinski definition) is 1. The zero-order valence-corrected chi connectivity index (χ0v) is 14.0. The van der Waals surface area contributed by atoms with Gasteiger partial charge < -0.3 is 5.32 Å². The van der Waals surface area contributed by atoms with Gasteiger partial charge in [0.05, 0.1) is 6.54 Å². The molecule has 0 aromatic carbocycles. The molecule has 7 heteroatoms. The number of nitrogens with one attached hydrogen (secondary N) is 1. The van der Waals surface area contributed by atoms with Crippen LogP contribution in [0.5, 0.6) is 0 Å². The lowest BCUT2D eigenvalue weighted by molar-refractivity contribution is -0.117. The third-order valence-electron chi connectivity index (χ3n) is 4.47. The molecule has 1 aromatic heterocycles. The first-order chi connectivity index (χ1) is 10.7. The van der Waals surface area contributed by atoms with E-state index in [2.05, 4.69) is 32.0 Å². The molecule has 1 N–H and O–H groups in total. The van der Waals surface area contributed by atoms with Gasteiger partial charge in [-0.1, -0.05) is 0 Å². The van der Waals surface area contributed by atoms with E-state index in [9.17, 15) is 4.79 Å². The number of amides is 1. The maximum absolute atomic E-state index is 12.1. The summed E-state index contributed by atoms with van der Waals surface area (Å²) in [6.45, 7) is 4.97. The standard InChI is InChI=1S/C15H25N5OS/c1-18-5-4-14(17-18)16-15(21)12-19-6-2-13(3-7-19)20-8-10-22-11-9-20/h4-5,13H,2-3,6-12H2,1H3,(H,16,17,21). The van der Waals surface area contributed by atoms with Crippen molar-refractivity contribution in [1.29, 1.82) is 0 Å². The van der Waals surface area contributed by atoms with Crippen LogP contribution in [0.1, 0.15) is 12.8 Å². The number of thioether (sulfide) groups is 1. The third-order valence-corrected chi connectivity index (χ3v) is 5.41. The zero-order valence-electron chi connectivity index (χ0n) is 13.2. The molecule has 1 aromatic rings. The average Bonchev–Trinajstić information content (AvgIpc) is 2.94. The first kappa shape index (κ1) is 15.8. The fourth-order valence-corrected chi connectivity index (χ4v) is 4.18. The summed E-state index contributed by atoms with van der Waals surface area (Å²) in [6, 6.07) is 2.54. The maximum Gasteiger partial charge on any atom is 0.239 e. The molecule has 2 saturated heterocycles. The van der Waals surface area contributed by atoms with E-state index in [1.807, 2.05) is 19.3 Å². The Balaban J connectivity index is 1.40. The summed E-state index contributed by atoms with van der Waals surface area (Å²) < 4.78 is 1.69. The average molecular weight is 323 g/mol. The first-order valence-electron chi connectivity index (χ1n) is 8.04. The van der Waals surface area contributed by atoms with Gasteiger partial charge in [0.1, 0.15) is 0 Å². The van der Waals surface area contributed by atoms with E-state index in [4.69, 9.17) is 0 Å². The zero-order chi connectivity index (χ0) is 15.4. The van der Waals surface area contributed by atoms with Crippen molar-refractivity contribution >= 4 is 23.5 Å². The quantitative estimate of drug-likeness (QED) is 0.891. The Morgan fingerprint density at radius 2 is 2.05 bits per heavy atom. The first-order valence-corrected chi connectivity index (χ1v) is 9.20. The monoisotopic (exact) mass is 323 g/mol. The predicted octanol–water partition coefficient (Wildman–Crippen LogP) is 0.872. The van der Waals surface area contributed by atoms with E-state index < -0.39 is 0 Å². The summed E-state index contributed by atoms with van der Waals surface area (Å²) in [5.74, 6) is 3.21. The van der Waals surface area contributed by atoms with Crippen molar-refractivity contribution < 1.29 is 4.79 Å². The molecule has 0 saturated carbocycles. The van der Waals surface area contributed by atoms with Crippen molar-refractivity contribution in [2.45, 2.75) is 18.9 Å². The van der Waals surface area contributed by atoms with Crippen molar-refractivity contribution in [3.8, 4) is 0 Å². The largest absolute Gasteiger partial charge is 0.308 e. The second kappa shape index (κ2) is 7.48. The second-order valence-corrected chi connectivity index (χ2v) is 7.30. The molecule has 0 bridgehead atoms. The Kier molecular flexibility index (Phi) is 5.38. The van der Waals surface area contributed by atoms with Gasteiger partial charge in [0.2, 0.25) is 5.91 Å². The lowest BCUT2D eigenvalue weighted by atomic mass is 10.0. The van der Waals surface area contributed by atoms with E-state index in [-0.39, 0.29) is 5.91 Å². The Hall–Kier alpha value is -1.05. The van der Waals surface area contributed by atoms with Crippen LogP contribution < -0.4 is 5.32 Å². The van der Waals surface area contributed by atoms with Gasteiger partial charge in [0.25, 0.3) is 0 Å². The summed E-state index contributed by atoms with van der Waals surface area (Å²) in [7, 11) is 1.85. The topological polar surface area (TPSA) is 53.4 Å². The SMILES string of the molecule is Cn1ccc(NC(=O)CN2CCC(N3CCSCC3)CC2)n1. The van der Waals surface area contributed by atoms with E-state index in [1.54, 1.807) is 4.68 Å². The number of likely N-dealkylation sites (tertiary alicyclic amines) is 1. The normalized spacial score (nSPS) is 21.9. The molecule has 2 aliphatic heterocycles. The van der Waals surface area contributed by atoms with Gasteiger partial charge in [0, 0.05) is 63.0 Å². The highest BCUT2D eigenvalue weighted by atomic mass is 32.2. The van der Waals surface area contributed by atoms with Crippen LogP contribution in [0, 0.1) is 0 Å². The summed E-state index contributed by atoms with van der Waals surface area (Å²) in [5.41, 5.74) is 0. The van der Waals surface area contributed by atoms with E-state index >= 15 is 0 Å². The number of piperidine rings is 1. The molecule has 0 radical (unpaired) electrons. The molecule has 0 unspecified atom stereocenters. The van der Waals surface area contributed by atoms with Crippen LogP contribution in [0.15, 0.2) is 12.3 Å². The van der Waals surface area contributed by atoms with Gasteiger partial charge in [-0.05, 0) is 12.8 Å². The molecular weight excluding hydrogens is 298 g/mol. The molecule has 122 valence electrons. The number of aryl methyl sites for hydroxylation is 1. The predicted molar refractivity (Wildman–Crippen MR) is 90.2 cm³/mol. The third kappa shape index (κ3) is 4.24. The van der Waals surface area contributed by atoms with E-state index in [0.717, 1.165) is 19.1 Å². The van der Waals surface area contributed by atoms with Crippen molar-refractivity contribution in [3.05, 3.63) is 12.3 Å². The van der Waals surface area contributed by atoms with Crippen molar-refractivity contribution in [3.63, 3.8) is 0 Å². The lowest BCUT2D eigenvalue weighted by Gasteiger charge is -2.39. The molecule has 22 heavy (non-hydrogen) atoms. The number of rotatable bonds is 4. The molecule has 2 aliphatic rings. The Morgan fingerprint density at radius 1 is 1.32 bits per heavy atom. The highest BCUT2D eigenvalue weighted by Gasteiger charge is 2.26. The van der Waals surface area contributed by atoms with E-state index in [0.29, 0.717) is 12.4 Å². The van der Waals surface area contributed by atoms with Crippen LogP contribution in [0.2, 0.25) is 0 Å². The summed E-state index contributed by atoms with van der Waals surface area (Å²) in [5, 5.41) is 7.03. The van der Waals surface area contributed by atoms with Crippen LogP contribution in [0.25, 0.3) is 0 Å². The van der Waals surface area contributed by atoms with Gasteiger partial charge in [-0.25, -0.2) is 0 Å². The van der Waals surface area contributed by atoms with Gasteiger partial charge in [-0.2, -0.15) is 16.9 Å². The smallest absolute Gasteiger partial charge is 0.239 e. The minimum atomic E-state index is 0.0338. The van der Waals surface area contributed by atoms with Crippen LogP contribution in [-0.4, -0.2) is 75.8 Å². The number of carbonyl (C=O) groups is 1. The molecule has 1 amide bonds. The summed E-state index contributed by atoms with van der Waals surface area (Å²) in [6.07, 6.45) is 4.20. The van der Waals surface area contributed by atoms with Crippen LogP contribution in [0.3, 0.4) is 0 Å². The molecule has 6 nitrogen and oxygen atoms in total. The van der Waals surface area contributed by atoms with Gasteiger partial charge in [0.15, 0.2) is 5.82 Å². The van der Waals surface area contributed by atoms with Crippen molar-refractivity contribution in [2.75, 3.05) is 49.5 Å². The molecular formula is C15H25N5OS. The van der Waals surface area contributed by atoms with Gasteiger partial charge >= 0.3 is 0 Å². The van der Waals surface area contributed by atoms with Crippen molar-refractivity contribution in [1.82, 2.24) is 19.6 Å². The number of anilines is 1. The van der Waals surface area contributed by atoms with Gasteiger partial charge in [-0.3, -0.25) is 19.3 Å². The fraction of sp³-hybridized carbons (Fsp3) is 0.733. The van der Waals surface area contributed by atoms with Gasteiger partial charge in [-0.15, -0.1) is 0 Å². The molecule has 3 rings (SSSR count). The molecule has 0 spiro atoms. The fourth-order valence-electron chi connectivity index (χ4n) is 3.25. The highest BCUT2D eigenvalue weighted by Crippen LogP contribution is 2.20. The van der Waals surface area contributed by atoms with Crippen LogP contribution in [0.4, 0.5) is 5.82 Å². The number of carbonyl (C=O) groups excluding carboxylic acids is 1. The Bertz CT molecular complexity index is 492. The maximum atomic E-state index is 12.1. The number of nitrogens with zero attached hydrogens (tertiary/aromatic N) is 4. The molecule has 0 atom stereocenters. The number of aromatic nitrogens is 2. The van der Waals surface area contributed by atoms with Crippen molar-refractivity contribution in [2.24, 2.45) is 7.05 Å². The minimum absolute atomic E-state index is 0.0338. The molecule has 0 aliphatic carbocycles. The highest BCUT2D eigenvalue weighted by molar-refractivity contribution is 7.99. The Labute approximate surface area is 136 Å². The summed E-state index contributed by atoms with van der Waals surface area (Å²) in [4.78, 5) is 17.0. The minimum Gasteiger partial charge on any atom is -0.308 e. The summed E-state index contributed by atoms with van der Waals surface area (Å²) >= 11 is 2.06. The Morgan fingerprint density at radius 3 is 2.68 bits per heavy atom. The number of hydrogen-bond acceptors (Lipinski definition) is 5. The second-order valence-electron chi connectivity index (χ2n) is 6.08. The van der Waals surface area contributed by atoms with Crippen LogP contribution >= 0.6 is 11.8 Å². The van der Waals surface area contributed by atoms with E-state index in [1.165, 1.54) is 37.4 Å².